The average Bonchev–Trinajstić information content (AvgIpc) is 3.28. The van der Waals surface area contributed by atoms with Gasteiger partial charge < -0.3 is 5.11 Å². The summed E-state index contributed by atoms with van der Waals surface area (Å²) in [6.07, 6.45) is 4.75. The van der Waals surface area contributed by atoms with Crippen molar-refractivity contribution >= 4 is 44.9 Å². The van der Waals surface area contributed by atoms with Gasteiger partial charge >= 0.3 is 0 Å². The molecule has 0 saturated carbocycles. The quantitative estimate of drug-likeness (QED) is 0.154. The molecule has 2 aromatic carbocycles. The molecule has 7 nitrogen and oxygen atoms in total. The number of carbonyl (C=O) groups excluding carboxylic acids is 1. The van der Waals surface area contributed by atoms with Gasteiger partial charge in [-0.05, 0) is 79.6 Å². The molecular weight excluding hydrogens is 492 g/mol. The van der Waals surface area contributed by atoms with Crippen LogP contribution in [0.15, 0.2) is 69.6 Å². The van der Waals surface area contributed by atoms with Crippen LogP contribution < -0.4 is 11.0 Å². The van der Waals surface area contributed by atoms with E-state index in [-0.39, 0.29) is 23.0 Å². The number of fused-ring (bicyclic) bond motifs is 3. The Morgan fingerprint density at radius 3 is 2.64 bits per heavy atom. The first-order chi connectivity index (χ1) is 17.5. The zero-order valence-corrected chi connectivity index (χ0v) is 21.5. The topological polar surface area (TPSA) is 96.6 Å². The highest BCUT2D eigenvalue weighted by molar-refractivity contribution is 7.99. The molecule has 0 atom stereocenters. The molecule has 0 aliphatic heterocycles. The number of rotatable bonds is 7. The minimum absolute atomic E-state index is 0.0615. The summed E-state index contributed by atoms with van der Waals surface area (Å²) in [6.45, 7) is 1.95. The first-order valence-electron chi connectivity index (χ1n) is 12.0. The summed E-state index contributed by atoms with van der Waals surface area (Å²) in [7, 11) is 0. The molecule has 9 heteroatoms. The molecule has 0 bridgehead atoms. The van der Waals surface area contributed by atoms with Gasteiger partial charge in [0.15, 0.2) is 5.16 Å². The Morgan fingerprint density at radius 1 is 1.14 bits per heavy atom. The van der Waals surface area contributed by atoms with Crippen molar-refractivity contribution < 1.29 is 9.90 Å². The van der Waals surface area contributed by atoms with Crippen LogP contribution in [0.2, 0.25) is 0 Å². The summed E-state index contributed by atoms with van der Waals surface area (Å²) in [5.41, 5.74) is 5.96. The molecule has 1 aliphatic rings. The van der Waals surface area contributed by atoms with E-state index in [0.717, 1.165) is 52.7 Å². The zero-order chi connectivity index (χ0) is 25.1. The summed E-state index contributed by atoms with van der Waals surface area (Å²) >= 11 is 2.83. The van der Waals surface area contributed by atoms with E-state index in [2.05, 4.69) is 10.5 Å². The van der Waals surface area contributed by atoms with Crippen LogP contribution >= 0.6 is 23.1 Å². The Kier molecular flexibility index (Phi) is 7.20. The number of hydrogen-bond donors (Lipinski definition) is 2. The Labute approximate surface area is 216 Å². The Hall–Kier alpha value is -3.43. The number of nitrogens with one attached hydrogen (secondary N) is 1. The fourth-order valence-electron chi connectivity index (χ4n) is 4.38. The number of para-hydroxylation sites is 1. The van der Waals surface area contributed by atoms with Crippen LogP contribution in [0.25, 0.3) is 15.9 Å². The largest absolute Gasteiger partial charge is 0.508 e. The van der Waals surface area contributed by atoms with E-state index in [1.807, 2.05) is 37.3 Å². The number of phenols is 1. The second kappa shape index (κ2) is 10.7. The normalized spacial score (nSPS) is 13.5. The van der Waals surface area contributed by atoms with Gasteiger partial charge in [0.1, 0.15) is 10.6 Å². The van der Waals surface area contributed by atoms with E-state index in [0.29, 0.717) is 17.3 Å². The number of hydrazone groups is 1. The third-order valence-corrected chi connectivity index (χ3v) is 8.28. The number of aryl methyl sites for hydroxylation is 2. The molecule has 0 radical (unpaired) electrons. The van der Waals surface area contributed by atoms with Crippen LogP contribution in [0, 0.1) is 0 Å². The highest BCUT2D eigenvalue weighted by Crippen LogP contribution is 2.35. The van der Waals surface area contributed by atoms with E-state index < -0.39 is 0 Å². The molecule has 5 rings (SSSR count). The van der Waals surface area contributed by atoms with E-state index in [4.69, 9.17) is 4.98 Å². The van der Waals surface area contributed by atoms with Gasteiger partial charge in [0.05, 0.1) is 22.5 Å². The van der Waals surface area contributed by atoms with E-state index in [9.17, 15) is 14.7 Å². The molecule has 0 spiro atoms. The van der Waals surface area contributed by atoms with Crippen LogP contribution in [-0.4, -0.2) is 32.0 Å². The number of thiophene rings is 1. The van der Waals surface area contributed by atoms with Gasteiger partial charge in [-0.25, -0.2) is 10.4 Å². The summed E-state index contributed by atoms with van der Waals surface area (Å²) in [5.74, 6) is -0.0503. The molecule has 0 saturated heterocycles. The second-order valence-electron chi connectivity index (χ2n) is 8.54. The van der Waals surface area contributed by atoms with Gasteiger partial charge in [-0.3, -0.25) is 14.2 Å². The second-order valence-corrected chi connectivity index (χ2v) is 10.6. The molecule has 1 aliphatic carbocycles. The number of thioether (sulfide) groups is 1. The van der Waals surface area contributed by atoms with Gasteiger partial charge in [0.2, 0.25) is 0 Å². The van der Waals surface area contributed by atoms with Crippen molar-refractivity contribution in [2.45, 2.75) is 44.2 Å². The SMILES string of the molecule is CC/C(=N\NC(=O)CSc1nc2sc3c(c2c(=O)n1-c1ccccc1)CCCC3)c1ccc(O)cc1. The molecule has 2 N–H and O–H groups in total. The fourth-order valence-corrected chi connectivity index (χ4v) is 6.49. The van der Waals surface area contributed by atoms with E-state index in [1.54, 1.807) is 40.2 Å². The lowest BCUT2D eigenvalue weighted by Gasteiger charge is -2.13. The van der Waals surface area contributed by atoms with Crippen molar-refractivity contribution in [3.63, 3.8) is 0 Å². The van der Waals surface area contributed by atoms with Crippen LogP contribution in [0.3, 0.4) is 0 Å². The monoisotopic (exact) mass is 518 g/mol. The Balaban J connectivity index is 1.42. The maximum absolute atomic E-state index is 13.7. The van der Waals surface area contributed by atoms with Gasteiger partial charge in [-0.15, -0.1) is 11.3 Å². The molecular formula is C27H26N4O3S2. The van der Waals surface area contributed by atoms with Crippen LogP contribution in [0.4, 0.5) is 0 Å². The summed E-state index contributed by atoms with van der Waals surface area (Å²) in [6, 6.07) is 16.1. The Morgan fingerprint density at radius 2 is 1.89 bits per heavy atom. The van der Waals surface area contributed by atoms with E-state index in [1.165, 1.54) is 16.6 Å². The predicted octanol–water partition coefficient (Wildman–Crippen LogP) is 5.05. The van der Waals surface area contributed by atoms with Crippen LogP contribution in [0.1, 0.15) is 42.2 Å². The smallest absolute Gasteiger partial charge is 0.267 e. The van der Waals surface area contributed by atoms with Crippen molar-refractivity contribution in [2.75, 3.05) is 5.75 Å². The van der Waals surface area contributed by atoms with Gasteiger partial charge in [-0.1, -0.05) is 36.9 Å². The third-order valence-electron chi connectivity index (χ3n) is 6.16. The number of nitrogens with zero attached hydrogens (tertiary/aromatic N) is 3. The third kappa shape index (κ3) is 4.94. The van der Waals surface area contributed by atoms with Crippen molar-refractivity contribution in [3.8, 4) is 11.4 Å². The average molecular weight is 519 g/mol. The molecule has 2 aromatic heterocycles. The minimum atomic E-state index is -0.288. The molecule has 0 fully saturated rings. The summed E-state index contributed by atoms with van der Waals surface area (Å²) in [5, 5.41) is 15.0. The number of aromatic hydroxyl groups is 1. The molecule has 4 aromatic rings. The number of carbonyl (C=O) groups is 1. The summed E-state index contributed by atoms with van der Waals surface area (Å²) < 4.78 is 1.62. The predicted molar refractivity (Wildman–Crippen MR) is 146 cm³/mol. The first kappa shape index (κ1) is 24.3. The van der Waals surface area contributed by atoms with Gasteiger partial charge in [0.25, 0.3) is 11.5 Å². The number of benzene rings is 2. The standard InChI is InChI=1S/C27H26N4O3S2/c1-2-21(17-12-14-19(32)15-13-17)29-30-23(33)16-35-27-28-25-24(20-10-6-7-11-22(20)36-25)26(34)31(27)18-8-4-3-5-9-18/h3-5,8-9,12-15,32H,2,6-7,10-11,16H2,1H3,(H,30,33)/b29-21+. The number of phenolic OH excluding ortho intramolecular Hbond substituents is 1. The van der Waals surface area contributed by atoms with Gasteiger partial charge in [-0.2, -0.15) is 5.10 Å². The summed E-state index contributed by atoms with van der Waals surface area (Å²) in [4.78, 5) is 33.3. The lowest BCUT2D eigenvalue weighted by atomic mass is 9.97. The van der Waals surface area contributed by atoms with Crippen molar-refractivity contribution in [2.24, 2.45) is 5.10 Å². The molecule has 184 valence electrons. The zero-order valence-electron chi connectivity index (χ0n) is 19.9. The highest BCUT2D eigenvalue weighted by Gasteiger charge is 2.23. The van der Waals surface area contributed by atoms with Crippen LogP contribution in [-0.2, 0) is 17.6 Å². The maximum Gasteiger partial charge on any atom is 0.267 e. The lowest BCUT2D eigenvalue weighted by molar-refractivity contribution is -0.118. The molecule has 2 heterocycles. The number of amides is 1. The minimum Gasteiger partial charge on any atom is -0.508 e. The fraction of sp³-hybridized carbons (Fsp3) is 0.259. The maximum atomic E-state index is 13.7. The van der Waals surface area contributed by atoms with Crippen LogP contribution in [0.5, 0.6) is 5.75 Å². The van der Waals surface area contributed by atoms with E-state index >= 15 is 0 Å². The number of hydrogen-bond acceptors (Lipinski definition) is 7. The van der Waals surface area contributed by atoms with Crippen molar-refractivity contribution in [1.82, 2.24) is 15.0 Å². The molecule has 36 heavy (non-hydrogen) atoms. The van der Waals surface area contributed by atoms with Crippen molar-refractivity contribution in [3.05, 3.63) is 81.0 Å². The van der Waals surface area contributed by atoms with Gasteiger partial charge in [0, 0.05) is 4.88 Å². The molecule has 1 amide bonds. The van der Waals surface area contributed by atoms with Crippen molar-refractivity contribution in [1.29, 1.82) is 0 Å². The number of aromatic nitrogens is 2. The highest BCUT2D eigenvalue weighted by atomic mass is 32.2. The Bertz CT molecular complexity index is 1490. The molecule has 0 unspecified atom stereocenters. The first-order valence-corrected chi connectivity index (χ1v) is 13.8. The lowest BCUT2D eigenvalue weighted by Crippen LogP contribution is -2.25.